The first-order valence-electron chi connectivity index (χ1n) is 7.81. The maximum atomic E-state index is 12.8. The van der Waals surface area contributed by atoms with Crippen LogP contribution in [0.15, 0.2) is 36.5 Å². The third-order valence-electron chi connectivity index (χ3n) is 4.08. The highest BCUT2D eigenvalue weighted by Gasteiger charge is 2.24. The van der Waals surface area contributed by atoms with Gasteiger partial charge >= 0.3 is 0 Å². The number of benzene rings is 1. The van der Waals surface area contributed by atoms with Crippen molar-refractivity contribution in [2.24, 2.45) is 0 Å². The van der Waals surface area contributed by atoms with E-state index in [-0.39, 0.29) is 5.91 Å². The Morgan fingerprint density at radius 2 is 1.88 bits per heavy atom. The Hall–Kier alpha value is -2.40. The molecule has 0 aliphatic heterocycles. The molecular formula is C19H24N2O3. The summed E-state index contributed by atoms with van der Waals surface area (Å²) in [6.45, 7) is 4.30. The number of methoxy groups -OCH3 is 2. The lowest BCUT2D eigenvalue weighted by Gasteiger charge is -2.24. The van der Waals surface area contributed by atoms with Crippen LogP contribution in [0.2, 0.25) is 0 Å². The number of hydrogen-bond acceptors (Lipinski definition) is 4. The molecule has 0 aliphatic rings. The van der Waals surface area contributed by atoms with Crippen LogP contribution in [-0.2, 0) is 16.1 Å². The smallest absolute Gasteiger partial charge is 0.256 e. The van der Waals surface area contributed by atoms with Gasteiger partial charge in [0, 0.05) is 31.5 Å². The summed E-state index contributed by atoms with van der Waals surface area (Å²) in [7, 11) is 4.94. The summed E-state index contributed by atoms with van der Waals surface area (Å²) in [6, 6.07) is 9.48. The summed E-state index contributed by atoms with van der Waals surface area (Å²) in [5, 5.41) is 0. The predicted octanol–water partition coefficient (Wildman–Crippen LogP) is 3.05. The number of rotatable bonds is 6. The van der Waals surface area contributed by atoms with E-state index in [1.54, 1.807) is 32.4 Å². The normalized spacial score (nSPS) is 11.9. The van der Waals surface area contributed by atoms with Crippen LogP contribution < -0.4 is 4.74 Å². The van der Waals surface area contributed by atoms with Crippen LogP contribution >= 0.6 is 0 Å². The molecule has 2 rings (SSSR count). The molecule has 0 saturated heterocycles. The molecule has 1 aromatic heterocycles. The number of carbonyl (C=O) groups is 1. The van der Waals surface area contributed by atoms with Crippen molar-refractivity contribution in [1.29, 1.82) is 0 Å². The molecule has 24 heavy (non-hydrogen) atoms. The number of carbonyl (C=O) groups excluding carboxylic acids is 1. The molecule has 0 aliphatic carbocycles. The first kappa shape index (κ1) is 17.9. The van der Waals surface area contributed by atoms with Gasteiger partial charge in [-0.05, 0) is 19.4 Å². The molecule has 0 spiro atoms. The van der Waals surface area contributed by atoms with Gasteiger partial charge in [-0.3, -0.25) is 9.78 Å². The second-order valence-corrected chi connectivity index (χ2v) is 5.77. The lowest BCUT2D eigenvalue weighted by atomic mass is 10.1. The average Bonchev–Trinajstić information content (AvgIpc) is 2.59. The molecule has 1 aromatic carbocycles. The summed E-state index contributed by atoms with van der Waals surface area (Å²) < 4.78 is 10.8. The van der Waals surface area contributed by atoms with Crippen LogP contribution in [0.5, 0.6) is 5.75 Å². The fourth-order valence-corrected chi connectivity index (χ4v) is 2.74. The van der Waals surface area contributed by atoms with E-state index < -0.39 is 6.10 Å². The van der Waals surface area contributed by atoms with Gasteiger partial charge in [0.15, 0.2) is 6.10 Å². The SMILES string of the molecule is COc1c(C)cnc(CN(C)C(=O)[C@H](OC)c2ccccc2)c1C. The van der Waals surface area contributed by atoms with Crippen LogP contribution in [-0.4, -0.2) is 37.1 Å². The monoisotopic (exact) mass is 328 g/mol. The molecule has 1 atom stereocenters. The number of hydrogen-bond donors (Lipinski definition) is 0. The van der Waals surface area contributed by atoms with Crippen LogP contribution in [0, 0.1) is 13.8 Å². The third kappa shape index (κ3) is 3.74. The maximum Gasteiger partial charge on any atom is 0.256 e. The van der Waals surface area contributed by atoms with E-state index in [0.717, 1.165) is 28.1 Å². The van der Waals surface area contributed by atoms with Crippen molar-refractivity contribution in [3.05, 3.63) is 58.9 Å². The van der Waals surface area contributed by atoms with Crippen molar-refractivity contribution in [3.63, 3.8) is 0 Å². The lowest BCUT2D eigenvalue weighted by Crippen LogP contribution is -2.32. The van der Waals surface area contributed by atoms with Gasteiger partial charge in [-0.15, -0.1) is 0 Å². The average molecular weight is 328 g/mol. The molecule has 5 nitrogen and oxygen atoms in total. The number of ether oxygens (including phenoxy) is 2. The minimum Gasteiger partial charge on any atom is -0.496 e. The van der Waals surface area contributed by atoms with Gasteiger partial charge in [0.25, 0.3) is 5.91 Å². The van der Waals surface area contributed by atoms with E-state index in [0.29, 0.717) is 6.54 Å². The summed E-state index contributed by atoms with van der Waals surface area (Å²) >= 11 is 0. The van der Waals surface area contributed by atoms with E-state index >= 15 is 0 Å². The minimum atomic E-state index is -0.621. The van der Waals surface area contributed by atoms with Gasteiger partial charge in [-0.25, -0.2) is 0 Å². The Bertz CT molecular complexity index is 701. The molecule has 0 radical (unpaired) electrons. The molecular weight excluding hydrogens is 304 g/mol. The van der Waals surface area contributed by atoms with Crippen molar-refractivity contribution >= 4 is 5.91 Å². The Labute approximate surface area is 143 Å². The Balaban J connectivity index is 2.20. The van der Waals surface area contributed by atoms with Gasteiger partial charge in [-0.2, -0.15) is 0 Å². The molecule has 0 fully saturated rings. The topological polar surface area (TPSA) is 51.7 Å². The summed E-state index contributed by atoms with van der Waals surface area (Å²) in [6.07, 6.45) is 1.15. The number of likely N-dealkylation sites (N-methyl/N-ethyl adjacent to an activating group) is 1. The second kappa shape index (κ2) is 7.93. The molecule has 0 saturated carbocycles. The van der Waals surface area contributed by atoms with Gasteiger partial charge < -0.3 is 14.4 Å². The number of aryl methyl sites for hydroxylation is 1. The zero-order valence-electron chi connectivity index (χ0n) is 14.9. The van der Waals surface area contributed by atoms with Gasteiger partial charge in [-0.1, -0.05) is 30.3 Å². The zero-order valence-corrected chi connectivity index (χ0v) is 14.9. The maximum absolute atomic E-state index is 12.8. The number of pyridine rings is 1. The highest BCUT2D eigenvalue weighted by molar-refractivity contribution is 5.82. The largest absolute Gasteiger partial charge is 0.496 e. The minimum absolute atomic E-state index is 0.107. The standard InChI is InChI=1S/C19H24N2O3/c1-13-11-20-16(14(2)17(13)23-4)12-21(3)19(22)18(24-5)15-9-7-6-8-10-15/h6-11,18H,12H2,1-5H3/t18-/m1/s1. The zero-order chi connectivity index (χ0) is 17.7. The first-order chi connectivity index (χ1) is 11.5. The van der Waals surface area contributed by atoms with Crippen molar-refractivity contribution in [3.8, 4) is 5.75 Å². The summed E-state index contributed by atoms with van der Waals surface area (Å²) in [4.78, 5) is 18.8. The van der Waals surface area contributed by atoms with Crippen LogP contribution in [0.1, 0.15) is 28.5 Å². The van der Waals surface area contributed by atoms with E-state index in [2.05, 4.69) is 4.98 Å². The Morgan fingerprint density at radius 1 is 1.21 bits per heavy atom. The van der Waals surface area contributed by atoms with Crippen molar-refractivity contribution < 1.29 is 14.3 Å². The molecule has 0 N–H and O–H groups in total. The predicted molar refractivity (Wildman–Crippen MR) is 92.9 cm³/mol. The van der Waals surface area contributed by atoms with E-state index in [4.69, 9.17) is 9.47 Å². The van der Waals surface area contributed by atoms with Crippen LogP contribution in [0.4, 0.5) is 0 Å². The van der Waals surface area contributed by atoms with Crippen LogP contribution in [0.25, 0.3) is 0 Å². The Morgan fingerprint density at radius 3 is 2.46 bits per heavy atom. The van der Waals surface area contributed by atoms with E-state index in [1.807, 2.05) is 44.2 Å². The highest BCUT2D eigenvalue weighted by Crippen LogP contribution is 2.25. The summed E-state index contributed by atoms with van der Waals surface area (Å²) in [5.41, 5.74) is 3.58. The van der Waals surface area contributed by atoms with Crippen molar-refractivity contribution in [2.75, 3.05) is 21.3 Å². The molecule has 2 aromatic rings. The molecule has 1 amide bonds. The van der Waals surface area contributed by atoms with Crippen molar-refractivity contribution in [2.45, 2.75) is 26.5 Å². The molecule has 0 bridgehead atoms. The van der Waals surface area contributed by atoms with Crippen LogP contribution in [0.3, 0.4) is 0 Å². The number of aromatic nitrogens is 1. The van der Waals surface area contributed by atoms with E-state index in [9.17, 15) is 4.79 Å². The Kier molecular flexibility index (Phi) is 5.93. The van der Waals surface area contributed by atoms with Gasteiger partial charge in [0.1, 0.15) is 5.75 Å². The molecule has 5 heteroatoms. The quantitative estimate of drug-likeness (QED) is 0.818. The number of amides is 1. The lowest BCUT2D eigenvalue weighted by molar-refractivity contribution is -0.141. The van der Waals surface area contributed by atoms with E-state index in [1.165, 1.54) is 0 Å². The summed E-state index contributed by atoms with van der Waals surface area (Å²) in [5.74, 6) is 0.705. The van der Waals surface area contributed by atoms with Gasteiger partial charge in [0.2, 0.25) is 0 Å². The fourth-order valence-electron chi connectivity index (χ4n) is 2.74. The molecule has 128 valence electrons. The third-order valence-corrected chi connectivity index (χ3v) is 4.08. The number of nitrogens with zero attached hydrogens (tertiary/aromatic N) is 2. The first-order valence-corrected chi connectivity index (χ1v) is 7.81. The molecule has 0 unspecified atom stereocenters. The van der Waals surface area contributed by atoms with Crippen molar-refractivity contribution in [1.82, 2.24) is 9.88 Å². The molecule has 1 heterocycles. The fraction of sp³-hybridized carbons (Fsp3) is 0.368. The second-order valence-electron chi connectivity index (χ2n) is 5.77. The van der Waals surface area contributed by atoms with Gasteiger partial charge in [0.05, 0.1) is 19.3 Å². The highest BCUT2D eigenvalue weighted by atomic mass is 16.5.